The smallest absolute Gasteiger partial charge is 0.361 e. The quantitative estimate of drug-likeness (QED) is 0.358. The Kier molecular flexibility index (Phi) is 2.64. The Balaban J connectivity index is 1.80. The number of hydrogen-bond acceptors (Lipinski definition) is 6. The average molecular weight is 300 g/mol. The molecule has 8 heteroatoms. The molecule has 112 valence electrons. The van der Waals surface area contributed by atoms with E-state index >= 15 is 0 Å². The Morgan fingerprint density at radius 3 is 2.86 bits per heavy atom. The van der Waals surface area contributed by atoms with Crippen LogP contribution in [0.4, 0.5) is 5.69 Å². The molecule has 1 saturated carbocycles. The SMILES string of the molecule is O=[N+]([O-])c1cccc(-c2nnc3c([n+]2[O-])CC2(CC2)OC3)c1. The number of hydrogen-bond donors (Lipinski definition) is 0. The molecule has 1 aromatic heterocycles. The monoisotopic (exact) mass is 300 g/mol. The highest BCUT2D eigenvalue weighted by molar-refractivity contribution is 5.56. The first-order valence-corrected chi connectivity index (χ1v) is 6.95. The zero-order valence-corrected chi connectivity index (χ0v) is 11.6. The van der Waals surface area contributed by atoms with Gasteiger partial charge in [-0.1, -0.05) is 6.07 Å². The van der Waals surface area contributed by atoms with Gasteiger partial charge in [0.25, 0.3) is 5.69 Å². The van der Waals surface area contributed by atoms with Gasteiger partial charge >= 0.3 is 5.82 Å². The second kappa shape index (κ2) is 4.44. The maximum Gasteiger partial charge on any atom is 0.361 e. The Morgan fingerprint density at radius 2 is 2.14 bits per heavy atom. The molecule has 2 aliphatic rings. The van der Waals surface area contributed by atoms with Crippen LogP contribution in [0.25, 0.3) is 11.4 Å². The molecule has 0 amide bonds. The normalized spacial score (nSPS) is 18.0. The number of ether oxygens (including phenoxy) is 1. The van der Waals surface area contributed by atoms with E-state index in [1.807, 2.05) is 0 Å². The number of benzene rings is 1. The summed E-state index contributed by atoms with van der Waals surface area (Å²) in [6, 6.07) is 5.85. The van der Waals surface area contributed by atoms with Crippen molar-refractivity contribution in [1.29, 1.82) is 0 Å². The third kappa shape index (κ3) is 2.00. The molecule has 1 aromatic carbocycles. The second-order valence-corrected chi connectivity index (χ2v) is 5.67. The summed E-state index contributed by atoms with van der Waals surface area (Å²) in [5.41, 5.74) is 1.19. The fourth-order valence-electron chi connectivity index (χ4n) is 2.71. The van der Waals surface area contributed by atoms with E-state index < -0.39 is 4.92 Å². The minimum Gasteiger partial charge on any atom is -0.710 e. The maximum absolute atomic E-state index is 12.6. The van der Waals surface area contributed by atoms with Gasteiger partial charge < -0.3 is 9.94 Å². The first kappa shape index (κ1) is 13.1. The molecular formula is C14H12N4O4. The van der Waals surface area contributed by atoms with Crippen molar-refractivity contribution >= 4 is 5.69 Å². The molecule has 2 heterocycles. The topological polar surface area (TPSA) is 105 Å². The summed E-state index contributed by atoms with van der Waals surface area (Å²) in [5.74, 6) is 0.0835. The lowest BCUT2D eigenvalue weighted by atomic mass is 10.1. The summed E-state index contributed by atoms with van der Waals surface area (Å²) < 4.78 is 6.45. The molecule has 0 radical (unpaired) electrons. The van der Waals surface area contributed by atoms with E-state index in [4.69, 9.17) is 4.74 Å². The molecule has 1 aliphatic carbocycles. The van der Waals surface area contributed by atoms with Gasteiger partial charge in [0.05, 0.1) is 27.8 Å². The van der Waals surface area contributed by atoms with Crippen LogP contribution >= 0.6 is 0 Å². The Hall–Kier alpha value is -2.61. The minimum atomic E-state index is -0.502. The van der Waals surface area contributed by atoms with Gasteiger partial charge in [-0.25, -0.2) is 4.73 Å². The van der Waals surface area contributed by atoms with Crippen LogP contribution in [-0.4, -0.2) is 20.7 Å². The van der Waals surface area contributed by atoms with Gasteiger partial charge in [-0.3, -0.25) is 10.1 Å². The van der Waals surface area contributed by atoms with Crippen LogP contribution in [0.15, 0.2) is 24.3 Å². The highest BCUT2D eigenvalue weighted by Crippen LogP contribution is 2.45. The molecule has 0 unspecified atom stereocenters. The van der Waals surface area contributed by atoms with Gasteiger partial charge in [0.15, 0.2) is 5.69 Å². The third-order valence-electron chi connectivity index (χ3n) is 4.16. The molecule has 2 aromatic rings. The van der Waals surface area contributed by atoms with E-state index in [0.29, 0.717) is 30.0 Å². The van der Waals surface area contributed by atoms with Crippen LogP contribution < -0.4 is 4.73 Å². The van der Waals surface area contributed by atoms with Crippen LogP contribution in [0, 0.1) is 15.3 Å². The van der Waals surface area contributed by atoms with Crippen molar-refractivity contribution in [3.63, 3.8) is 0 Å². The molecule has 22 heavy (non-hydrogen) atoms. The predicted molar refractivity (Wildman–Crippen MR) is 73.5 cm³/mol. The summed E-state index contributed by atoms with van der Waals surface area (Å²) in [4.78, 5) is 10.4. The van der Waals surface area contributed by atoms with Crippen LogP contribution in [0.3, 0.4) is 0 Å². The first-order chi connectivity index (χ1) is 10.6. The van der Waals surface area contributed by atoms with E-state index in [1.165, 1.54) is 18.2 Å². The highest BCUT2D eigenvalue weighted by atomic mass is 16.6. The molecule has 8 nitrogen and oxygen atoms in total. The Morgan fingerprint density at radius 1 is 1.32 bits per heavy atom. The van der Waals surface area contributed by atoms with E-state index in [1.54, 1.807) is 6.07 Å². The predicted octanol–water partition coefficient (Wildman–Crippen LogP) is 1.29. The van der Waals surface area contributed by atoms with Crippen molar-refractivity contribution in [3.05, 3.63) is 51.0 Å². The molecule has 0 bridgehead atoms. The van der Waals surface area contributed by atoms with Crippen molar-refractivity contribution in [2.75, 3.05) is 0 Å². The van der Waals surface area contributed by atoms with Gasteiger partial charge in [-0.2, -0.15) is 0 Å². The van der Waals surface area contributed by atoms with E-state index in [-0.39, 0.29) is 17.1 Å². The minimum absolute atomic E-state index is 0.0835. The summed E-state index contributed by atoms with van der Waals surface area (Å²) in [6.45, 7) is 0.291. The highest BCUT2D eigenvalue weighted by Gasteiger charge is 2.49. The van der Waals surface area contributed by atoms with Crippen molar-refractivity contribution in [1.82, 2.24) is 10.2 Å². The molecule has 1 spiro atoms. The summed E-state index contributed by atoms with van der Waals surface area (Å²) in [6.07, 6.45) is 2.41. The van der Waals surface area contributed by atoms with Crippen LogP contribution in [0.2, 0.25) is 0 Å². The standard InChI is InChI=1S/C14H12N4O4/c19-17-12-7-14(4-5-14)22-8-11(12)15-16-13(17)9-2-1-3-10(6-9)18(20)21/h1-3,6H,4-5,7-8H2. The number of nitrogens with zero attached hydrogens (tertiary/aromatic N) is 4. The van der Waals surface area contributed by atoms with Gasteiger partial charge in [0.1, 0.15) is 5.69 Å². The lowest BCUT2D eigenvalue weighted by molar-refractivity contribution is -0.608. The summed E-state index contributed by atoms with van der Waals surface area (Å²) in [7, 11) is 0. The number of nitro groups is 1. The number of rotatable bonds is 2. The number of fused-ring (bicyclic) bond motifs is 1. The van der Waals surface area contributed by atoms with Crippen molar-refractivity contribution in [2.45, 2.75) is 31.5 Å². The molecule has 1 aliphatic heterocycles. The zero-order chi connectivity index (χ0) is 15.3. The average Bonchev–Trinajstić information content (AvgIpc) is 3.27. The fourth-order valence-corrected chi connectivity index (χ4v) is 2.71. The second-order valence-electron chi connectivity index (χ2n) is 5.67. The molecule has 0 N–H and O–H groups in total. The number of nitro benzene ring substituents is 1. The third-order valence-corrected chi connectivity index (χ3v) is 4.16. The summed E-state index contributed by atoms with van der Waals surface area (Å²) >= 11 is 0. The van der Waals surface area contributed by atoms with Crippen molar-refractivity contribution in [2.24, 2.45) is 0 Å². The number of non-ortho nitro benzene ring substituents is 1. The molecule has 0 saturated heterocycles. The van der Waals surface area contributed by atoms with Crippen LogP contribution in [0.1, 0.15) is 24.2 Å². The first-order valence-electron chi connectivity index (χ1n) is 6.95. The lowest BCUT2D eigenvalue weighted by Gasteiger charge is -2.24. The van der Waals surface area contributed by atoms with E-state index in [2.05, 4.69) is 10.2 Å². The van der Waals surface area contributed by atoms with Crippen LogP contribution in [0.5, 0.6) is 0 Å². The summed E-state index contributed by atoms with van der Waals surface area (Å²) in [5, 5.41) is 31.4. The Bertz CT molecular complexity index is 788. The van der Waals surface area contributed by atoms with Crippen molar-refractivity contribution < 1.29 is 14.4 Å². The van der Waals surface area contributed by atoms with Gasteiger partial charge in [0.2, 0.25) is 0 Å². The van der Waals surface area contributed by atoms with Gasteiger partial charge in [-0.15, -0.1) is 0 Å². The molecule has 0 atom stereocenters. The zero-order valence-electron chi connectivity index (χ0n) is 11.6. The lowest BCUT2D eigenvalue weighted by Crippen LogP contribution is -2.43. The molecule has 1 fully saturated rings. The maximum atomic E-state index is 12.6. The van der Waals surface area contributed by atoms with Gasteiger partial charge in [-0.05, 0) is 24.0 Å². The molecule has 4 rings (SSSR count). The largest absolute Gasteiger partial charge is 0.710 e. The fraction of sp³-hybridized carbons (Fsp3) is 0.357. The van der Waals surface area contributed by atoms with E-state index in [9.17, 15) is 15.3 Å². The van der Waals surface area contributed by atoms with Crippen LogP contribution in [-0.2, 0) is 17.8 Å². The van der Waals surface area contributed by atoms with Gasteiger partial charge in [0, 0.05) is 18.6 Å². The Labute approximate surface area is 125 Å². The van der Waals surface area contributed by atoms with E-state index in [0.717, 1.165) is 17.6 Å². The molecular weight excluding hydrogens is 288 g/mol. The van der Waals surface area contributed by atoms with Crippen molar-refractivity contribution in [3.8, 4) is 11.4 Å². The number of aromatic nitrogens is 3.